The van der Waals surface area contributed by atoms with Crippen molar-refractivity contribution in [3.05, 3.63) is 44.6 Å². The zero-order valence-corrected chi connectivity index (χ0v) is 23.0. The number of hydrogen-bond acceptors (Lipinski definition) is 5. The Labute approximate surface area is 212 Å². The summed E-state index contributed by atoms with van der Waals surface area (Å²) in [7, 11) is 0. The van der Waals surface area contributed by atoms with Crippen LogP contribution in [0.15, 0.2) is 33.4 Å². The van der Waals surface area contributed by atoms with Crippen LogP contribution in [-0.2, 0) is 12.8 Å². The Bertz CT molecular complexity index is 1140. The molecule has 0 saturated carbocycles. The summed E-state index contributed by atoms with van der Waals surface area (Å²) in [6, 6.07) is 9.26. The highest BCUT2D eigenvalue weighted by Crippen LogP contribution is 2.43. The predicted octanol–water partition coefficient (Wildman–Crippen LogP) is 10.2. The van der Waals surface area contributed by atoms with Crippen LogP contribution in [0.5, 0.6) is 0 Å². The first-order valence-electron chi connectivity index (χ1n) is 11.8. The summed E-state index contributed by atoms with van der Waals surface area (Å²) < 4.78 is 6.81. The van der Waals surface area contributed by atoms with Crippen molar-refractivity contribution < 1.29 is 0 Å². The maximum Gasteiger partial charge on any atom is 0.115 e. The summed E-state index contributed by atoms with van der Waals surface area (Å²) in [5, 5.41) is 6.87. The molecule has 4 rings (SSSR count). The number of halogens is 1. The lowest BCUT2D eigenvalue weighted by molar-refractivity contribution is 0.667. The van der Waals surface area contributed by atoms with Crippen molar-refractivity contribution in [2.24, 2.45) is 0 Å². The van der Waals surface area contributed by atoms with Crippen molar-refractivity contribution >= 4 is 60.4 Å². The lowest BCUT2D eigenvalue weighted by Gasteiger charge is -2.03. The Hall–Kier alpha value is -1.08. The Kier molecular flexibility index (Phi) is 8.92. The number of benzene rings is 1. The minimum absolute atomic E-state index is 1.04. The molecule has 3 heterocycles. The second-order valence-electron chi connectivity index (χ2n) is 8.46. The Morgan fingerprint density at radius 2 is 1.59 bits per heavy atom. The van der Waals surface area contributed by atoms with E-state index in [0.29, 0.717) is 0 Å². The summed E-state index contributed by atoms with van der Waals surface area (Å²) in [6.07, 6.45) is 12.7. The Morgan fingerprint density at radius 3 is 2.38 bits per heavy atom. The van der Waals surface area contributed by atoms with Crippen LogP contribution in [0.1, 0.15) is 76.3 Å². The highest BCUT2D eigenvalue weighted by Gasteiger charge is 2.17. The molecule has 32 heavy (non-hydrogen) atoms. The molecule has 0 bridgehead atoms. The molecule has 0 saturated heterocycles. The number of rotatable bonds is 12. The molecular weight excluding hydrogens is 516 g/mol. The molecule has 0 aliphatic heterocycles. The van der Waals surface area contributed by atoms with Crippen molar-refractivity contribution in [2.75, 3.05) is 0 Å². The molecular formula is C26H31BrN2S3. The van der Waals surface area contributed by atoms with Gasteiger partial charge < -0.3 is 0 Å². The molecule has 6 heteroatoms. The number of thiophene rings is 2. The average molecular weight is 548 g/mol. The van der Waals surface area contributed by atoms with Gasteiger partial charge in [0, 0.05) is 20.9 Å². The first-order chi connectivity index (χ1) is 15.7. The average Bonchev–Trinajstić information content (AvgIpc) is 3.54. The van der Waals surface area contributed by atoms with Crippen LogP contribution in [0.25, 0.3) is 31.1 Å². The summed E-state index contributed by atoms with van der Waals surface area (Å²) in [5.41, 5.74) is 6.41. The molecule has 0 spiro atoms. The maximum absolute atomic E-state index is 4.54. The molecule has 0 fully saturated rings. The van der Waals surface area contributed by atoms with E-state index in [4.69, 9.17) is 0 Å². The van der Waals surface area contributed by atoms with Gasteiger partial charge in [-0.3, -0.25) is 0 Å². The van der Waals surface area contributed by atoms with Gasteiger partial charge in [-0.05, 0) is 81.8 Å². The van der Waals surface area contributed by atoms with Crippen LogP contribution in [0.3, 0.4) is 0 Å². The van der Waals surface area contributed by atoms with E-state index in [0.717, 1.165) is 11.9 Å². The second kappa shape index (κ2) is 11.9. The van der Waals surface area contributed by atoms with Gasteiger partial charge in [0.05, 0.1) is 8.49 Å². The van der Waals surface area contributed by atoms with E-state index in [-0.39, 0.29) is 0 Å². The van der Waals surface area contributed by atoms with Crippen LogP contribution >= 0.6 is 50.1 Å². The van der Waals surface area contributed by atoms with Crippen LogP contribution in [0.2, 0.25) is 0 Å². The predicted molar refractivity (Wildman–Crippen MR) is 147 cm³/mol. The van der Waals surface area contributed by atoms with Gasteiger partial charge in [-0.25, -0.2) is 0 Å². The van der Waals surface area contributed by atoms with E-state index in [2.05, 4.69) is 69.0 Å². The maximum atomic E-state index is 4.54. The molecule has 1 aromatic carbocycles. The molecule has 0 amide bonds. The third-order valence-corrected chi connectivity index (χ3v) is 9.73. The first-order valence-corrected chi connectivity index (χ1v) is 15.1. The van der Waals surface area contributed by atoms with Crippen LogP contribution in [-0.4, -0.2) is 9.59 Å². The largest absolute Gasteiger partial charge is 0.143 e. The fourth-order valence-electron chi connectivity index (χ4n) is 4.11. The van der Waals surface area contributed by atoms with Crippen LogP contribution < -0.4 is 0 Å². The summed E-state index contributed by atoms with van der Waals surface area (Å²) in [5.74, 6) is 0. The summed E-state index contributed by atoms with van der Waals surface area (Å²) in [6.45, 7) is 4.53. The number of nitrogens with zero attached hydrogens (tertiary/aromatic N) is 2. The number of hydrogen-bond donors (Lipinski definition) is 0. The number of fused-ring (bicyclic) bond motifs is 1. The standard InChI is InChI=1S/C26H31BrN2S3/c1-3-5-7-9-11-18-15-22(30-17-18)20-13-14-21(25-24(20)28-29-32-25)23-16-19(26(27)31-23)12-10-8-6-4-2/h13-17H,3-12H2,1-2H3. The van der Waals surface area contributed by atoms with E-state index in [1.165, 1.54) is 110 Å². The molecule has 0 radical (unpaired) electrons. The number of aryl methyl sites for hydroxylation is 2. The summed E-state index contributed by atoms with van der Waals surface area (Å²) in [4.78, 5) is 2.62. The third kappa shape index (κ3) is 5.69. The van der Waals surface area contributed by atoms with Gasteiger partial charge in [0.15, 0.2) is 0 Å². The monoisotopic (exact) mass is 546 g/mol. The lowest BCUT2D eigenvalue weighted by Crippen LogP contribution is -1.84. The van der Waals surface area contributed by atoms with Crippen molar-refractivity contribution in [1.29, 1.82) is 0 Å². The minimum Gasteiger partial charge on any atom is -0.143 e. The molecule has 0 atom stereocenters. The molecule has 170 valence electrons. The zero-order valence-electron chi connectivity index (χ0n) is 19.0. The molecule has 2 nitrogen and oxygen atoms in total. The fraction of sp³-hybridized carbons (Fsp3) is 0.462. The number of aromatic nitrogens is 2. The van der Waals surface area contributed by atoms with Gasteiger partial charge in [-0.1, -0.05) is 69.0 Å². The Balaban J connectivity index is 1.55. The molecule has 3 aromatic heterocycles. The molecule has 0 aliphatic rings. The smallest absolute Gasteiger partial charge is 0.115 e. The van der Waals surface area contributed by atoms with Crippen LogP contribution in [0, 0.1) is 0 Å². The normalized spacial score (nSPS) is 11.6. The van der Waals surface area contributed by atoms with E-state index < -0.39 is 0 Å². The zero-order chi connectivity index (χ0) is 22.3. The van der Waals surface area contributed by atoms with E-state index >= 15 is 0 Å². The van der Waals surface area contributed by atoms with Crippen molar-refractivity contribution in [2.45, 2.75) is 78.1 Å². The summed E-state index contributed by atoms with van der Waals surface area (Å²) >= 11 is 9.01. The first kappa shape index (κ1) is 24.1. The molecule has 0 N–H and O–H groups in total. The van der Waals surface area contributed by atoms with E-state index in [1.807, 2.05) is 22.7 Å². The lowest BCUT2D eigenvalue weighted by atomic mass is 10.0. The van der Waals surface area contributed by atoms with Crippen molar-refractivity contribution in [3.8, 4) is 20.9 Å². The van der Waals surface area contributed by atoms with Crippen molar-refractivity contribution in [3.63, 3.8) is 0 Å². The highest BCUT2D eigenvalue weighted by atomic mass is 79.9. The van der Waals surface area contributed by atoms with Gasteiger partial charge in [-0.15, -0.1) is 27.8 Å². The van der Waals surface area contributed by atoms with Gasteiger partial charge in [0.25, 0.3) is 0 Å². The van der Waals surface area contributed by atoms with Crippen molar-refractivity contribution in [1.82, 2.24) is 9.59 Å². The molecule has 0 aliphatic carbocycles. The topological polar surface area (TPSA) is 25.8 Å². The van der Waals surface area contributed by atoms with E-state index in [9.17, 15) is 0 Å². The van der Waals surface area contributed by atoms with Gasteiger partial charge >= 0.3 is 0 Å². The second-order valence-corrected chi connectivity index (χ2v) is 12.5. The van der Waals surface area contributed by atoms with Gasteiger partial charge in [-0.2, -0.15) is 0 Å². The van der Waals surface area contributed by atoms with Crippen LogP contribution in [0.4, 0.5) is 0 Å². The fourth-order valence-corrected chi connectivity index (χ4v) is 7.67. The van der Waals surface area contributed by atoms with Gasteiger partial charge in [0.2, 0.25) is 0 Å². The highest BCUT2D eigenvalue weighted by molar-refractivity contribution is 9.11. The molecule has 4 aromatic rings. The minimum atomic E-state index is 1.04. The SMILES string of the molecule is CCCCCCc1csc(-c2ccc(-c3cc(CCCCCC)c(Br)s3)c3snnc23)c1. The number of unbranched alkanes of at least 4 members (excludes halogenated alkanes) is 6. The Morgan fingerprint density at radius 1 is 0.844 bits per heavy atom. The molecule has 0 unspecified atom stereocenters. The van der Waals surface area contributed by atoms with Gasteiger partial charge in [0.1, 0.15) is 5.52 Å². The van der Waals surface area contributed by atoms with E-state index in [1.54, 1.807) is 0 Å². The third-order valence-electron chi connectivity index (χ3n) is 5.97. The quantitative estimate of drug-likeness (QED) is 0.165.